The molecule has 5 nitrogen and oxygen atoms in total. The minimum Gasteiger partial charge on any atom is -0.458 e. The van der Waals surface area contributed by atoms with Crippen LogP contribution >= 0.6 is 0 Å². The second-order valence-corrected chi connectivity index (χ2v) is 4.65. The van der Waals surface area contributed by atoms with E-state index in [1.807, 2.05) is 6.92 Å². The Morgan fingerprint density at radius 1 is 1.38 bits per heavy atom. The maximum absolute atomic E-state index is 11.7. The van der Waals surface area contributed by atoms with E-state index in [1.165, 1.54) is 0 Å². The van der Waals surface area contributed by atoms with Gasteiger partial charge < -0.3 is 15.8 Å². The highest BCUT2D eigenvalue weighted by molar-refractivity contribution is 5.85. The molecule has 0 bridgehead atoms. The molecule has 0 aromatic heterocycles. The number of nitrogens with one attached hydrogen (secondary N) is 1. The summed E-state index contributed by atoms with van der Waals surface area (Å²) in [5.41, 5.74) is 4.63. The van der Waals surface area contributed by atoms with E-state index in [4.69, 9.17) is 10.5 Å². The van der Waals surface area contributed by atoms with E-state index in [2.05, 4.69) is 5.32 Å². The molecule has 0 aromatic rings. The lowest BCUT2D eigenvalue weighted by Gasteiger charge is -2.24. The summed E-state index contributed by atoms with van der Waals surface area (Å²) >= 11 is 0. The van der Waals surface area contributed by atoms with Crippen LogP contribution in [0.1, 0.15) is 40.5 Å². The van der Waals surface area contributed by atoms with Crippen LogP contribution in [-0.4, -0.2) is 30.1 Å². The quantitative estimate of drug-likeness (QED) is 0.677. The van der Waals surface area contributed by atoms with Crippen LogP contribution in [-0.2, 0) is 14.3 Å². The molecule has 0 unspecified atom stereocenters. The number of carbonyl (C=O) groups is 2. The van der Waals surface area contributed by atoms with Crippen molar-refractivity contribution in [3.8, 4) is 0 Å². The fourth-order valence-corrected chi connectivity index (χ4v) is 1.16. The van der Waals surface area contributed by atoms with Crippen molar-refractivity contribution in [1.82, 2.24) is 5.32 Å². The van der Waals surface area contributed by atoms with Crippen LogP contribution in [0.25, 0.3) is 0 Å². The average Bonchev–Trinajstić information content (AvgIpc) is 2.14. The fraction of sp³-hybridized carbons (Fsp3) is 0.818. The fourth-order valence-electron chi connectivity index (χ4n) is 1.16. The molecule has 0 aliphatic heterocycles. The van der Waals surface area contributed by atoms with Crippen LogP contribution < -0.4 is 11.1 Å². The standard InChI is InChI=1S/C11H22N2O3/c1-5-6-8(13-9(14)7-12)10(15)16-11(2,3)4/h8H,5-7,12H2,1-4H3,(H,13,14)/t8-/m1/s1. The van der Waals surface area contributed by atoms with Gasteiger partial charge in [-0.25, -0.2) is 4.79 Å². The van der Waals surface area contributed by atoms with Crippen molar-refractivity contribution in [2.45, 2.75) is 52.2 Å². The summed E-state index contributed by atoms with van der Waals surface area (Å²) in [6, 6.07) is -0.597. The van der Waals surface area contributed by atoms with Gasteiger partial charge in [-0.3, -0.25) is 4.79 Å². The molecule has 3 N–H and O–H groups in total. The number of ether oxygens (including phenoxy) is 1. The second kappa shape index (κ2) is 6.48. The van der Waals surface area contributed by atoms with Crippen molar-refractivity contribution in [3.05, 3.63) is 0 Å². The van der Waals surface area contributed by atoms with Gasteiger partial charge in [0.15, 0.2) is 0 Å². The van der Waals surface area contributed by atoms with E-state index < -0.39 is 17.6 Å². The summed E-state index contributed by atoms with van der Waals surface area (Å²) in [5.74, 6) is -0.750. The summed E-state index contributed by atoms with van der Waals surface area (Å²) in [5, 5.41) is 2.55. The van der Waals surface area contributed by atoms with Gasteiger partial charge in [0.25, 0.3) is 0 Å². The Balaban J connectivity index is 4.40. The SMILES string of the molecule is CCC[C@@H](NC(=O)CN)C(=O)OC(C)(C)C. The largest absolute Gasteiger partial charge is 0.458 e. The van der Waals surface area contributed by atoms with Crippen LogP contribution in [0.4, 0.5) is 0 Å². The average molecular weight is 230 g/mol. The van der Waals surface area contributed by atoms with Crippen LogP contribution in [0.2, 0.25) is 0 Å². The van der Waals surface area contributed by atoms with Crippen molar-refractivity contribution in [2.75, 3.05) is 6.54 Å². The van der Waals surface area contributed by atoms with E-state index in [1.54, 1.807) is 20.8 Å². The highest BCUT2D eigenvalue weighted by Crippen LogP contribution is 2.10. The summed E-state index contributed by atoms with van der Waals surface area (Å²) in [6.45, 7) is 7.19. The number of nitrogens with two attached hydrogens (primary N) is 1. The lowest BCUT2D eigenvalue weighted by molar-refractivity contribution is -0.158. The van der Waals surface area contributed by atoms with E-state index in [-0.39, 0.29) is 12.5 Å². The Morgan fingerprint density at radius 3 is 2.31 bits per heavy atom. The summed E-state index contributed by atoms with van der Waals surface area (Å²) in [7, 11) is 0. The van der Waals surface area contributed by atoms with E-state index in [0.29, 0.717) is 6.42 Å². The van der Waals surface area contributed by atoms with Gasteiger partial charge in [-0.15, -0.1) is 0 Å². The Labute approximate surface area is 96.7 Å². The molecule has 1 atom stereocenters. The molecule has 0 saturated heterocycles. The van der Waals surface area contributed by atoms with Crippen LogP contribution in [0.5, 0.6) is 0 Å². The van der Waals surface area contributed by atoms with Gasteiger partial charge in [-0.05, 0) is 27.2 Å². The predicted octanol–water partition coefficient (Wildman–Crippen LogP) is 0.572. The van der Waals surface area contributed by atoms with Gasteiger partial charge in [0.1, 0.15) is 11.6 Å². The van der Waals surface area contributed by atoms with Gasteiger partial charge in [-0.2, -0.15) is 0 Å². The van der Waals surface area contributed by atoms with Crippen molar-refractivity contribution in [3.63, 3.8) is 0 Å². The van der Waals surface area contributed by atoms with Crippen LogP contribution in [0.3, 0.4) is 0 Å². The maximum atomic E-state index is 11.7. The number of esters is 1. The Hall–Kier alpha value is -1.10. The number of hydrogen-bond acceptors (Lipinski definition) is 4. The van der Waals surface area contributed by atoms with Gasteiger partial charge in [0.05, 0.1) is 6.54 Å². The summed E-state index contributed by atoms with van der Waals surface area (Å²) < 4.78 is 5.20. The van der Waals surface area contributed by atoms with Gasteiger partial charge in [0, 0.05) is 0 Å². The van der Waals surface area contributed by atoms with E-state index >= 15 is 0 Å². The number of carbonyl (C=O) groups excluding carboxylic acids is 2. The molecule has 0 radical (unpaired) electrons. The Kier molecular flexibility index (Phi) is 6.03. The summed E-state index contributed by atoms with van der Waals surface area (Å²) in [4.78, 5) is 22.8. The minimum absolute atomic E-state index is 0.122. The van der Waals surface area contributed by atoms with Crippen LogP contribution in [0.15, 0.2) is 0 Å². The first-order valence-electron chi connectivity index (χ1n) is 5.52. The third kappa shape index (κ3) is 6.40. The first-order chi connectivity index (χ1) is 7.30. The van der Waals surface area contributed by atoms with Gasteiger partial charge in [0.2, 0.25) is 5.91 Å². The molecule has 0 saturated carbocycles. The third-order valence-electron chi connectivity index (χ3n) is 1.79. The molecule has 16 heavy (non-hydrogen) atoms. The second-order valence-electron chi connectivity index (χ2n) is 4.65. The van der Waals surface area contributed by atoms with Crippen molar-refractivity contribution >= 4 is 11.9 Å². The zero-order chi connectivity index (χ0) is 12.8. The van der Waals surface area contributed by atoms with Crippen LogP contribution in [0, 0.1) is 0 Å². The molecule has 0 aliphatic carbocycles. The zero-order valence-corrected chi connectivity index (χ0v) is 10.5. The lowest BCUT2D eigenvalue weighted by atomic mass is 10.1. The first-order valence-corrected chi connectivity index (χ1v) is 5.52. The molecular formula is C11H22N2O3. The molecular weight excluding hydrogens is 208 g/mol. The number of rotatable bonds is 5. The molecule has 1 amide bonds. The molecule has 0 heterocycles. The molecule has 0 rings (SSSR count). The smallest absolute Gasteiger partial charge is 0.329 e. The molecule has 0 spiro atoms. The topological polar surface area (TPSA) is 81.4 Å². The molecule has 94 valence electrons. The molecule has 0 fully saturated rings. The maximum Gasteiger partial charge on any atom is 0.329 e. The number of hydrogen-bond donors (Lipinski definition) is 2. The molecule has 0 aliphatic rings. The Morgan fingerprint density at radius 2 is 1.94 bits per heavy atom. The lowest BCUT2D eigenvalue weighted by Crippen LogP contribution is -2.46. The van der Waals surface area contributed by atoms with Crippen molar-refractivity contribution in [1.29, 1.82) is 0 Å². The van der Waals surface area contributed by atoms with E-state index in [0.717, 1.165) is 6.42 Å². The van der Waals surface area contributed by atoms with Crippen molar-refractivity contribution in [2.24, 2.45) is 5.73 Å². The highest BCUT2D eigenvalue weighted by Gasteiger charge is 2.25. The van der Waals surface area contributed by atoms with Gasteiger partial charge >= 0.3 is 5.97 Å². The van der Waals surface area contributed by atoms with E-state index in [9.17, 15) is 9.59 Å². The minimum atomic E-state index is -0.597. The zero-order valence-electron chi connectivity index (χ0n) is 10.5. The Bertz CT molecular complexity index is 246. The molecule has 0 aromatic carbocycles. The normalized spacial score (nSPS) is 13.1. The highest BCUT2D eigenvalue weighted by atomic mass is 16.6. The van der Waals surface area contributed by atoms with Gasteiger partial charge in [-0.1, -0.05) is 13.3 Å². The molecule has 5 heteroatoms. The number of amides is 1. The van der Waals surface area contributed by atoms with Crippen molar-refractivity contribution < 1.29 is 14.3 Å². The summed E-state index contributed by atoms with van der Waals surface area (Å²) in [6.07, 6.45) is 1.34. The first kappa shape index (κ1) is 14.9. The third-order valence-corrected chi connectivity index (χ3v) is 1.79. The monoisotopic (exact) mass is 230 g/mol. The predicted molar refractivity (Wildman–Crippen MR) is 61.7 cm³/mol.